The Kier molecular flexibility index (Phi) is 5.35. The van der Waals surface area contributed by atoms with E-state index in [2.05, 4.69) is 5.32 Å². The maximum atomic E-state index is 13.3. The second-order valence-corrected chi connectivity index (χ2v) is 5.49. The van der Waals surface area contributed by atoms with Crippen molar-refractivity contribution in [2.24, 2.45) is 0 Å². The van der Waals surface area contributed by atoms with Crippen LogP contribution in [0.1, 0.15) is 12.5 Å². The van der Waals surface area contributed by atoms with E-state index in [0.717, 1.165) is 17.7 Å². The quantitative estimate of drug-likeness (QED) is 0.648. The summed E-state index contributed by atoms with van der Waals surface area (Å²) >= 11 is 5.92. The van der Waals surface area contributed by atoms with Gasteiger partial charge in [-0.05, 0) is 49.7 Å². The minimum atomic E-state index is -0.973. The van der Waals surface area contributed by atoms with Gasteiger partial charge in [0.05, 0.1) is 4.92 Å². The highest BCUT2D eigenvalue weighted by molar-refractivity contribution is 6.31. The van der Waals surface area contributed by atoms with E-state index in [1.807, 2.05) is 0 Å². The monoisotopic (exact) mass is 352 g/mol. The first-order valence-corrected chi connectivity index (χ1v) is 7.33. The summed E-state index contributed by atoms with van der Waals surface area (Å²) in [6.07, 6.45) is -0.866. The Balaban J connectivity index is 2.07. The van der Waals surface area contributed by atoms with Crippen LogP contribution in [0.15, 0.2) is 36.4 Å². The third-order valence-electron chi connectivity index (χ3n) is 3.22. The molecule has 8 heteroatoms. The van der Waals surface area contributed by atoms with Crippen molar-refractivity contribution in [2.75, 3.05) is 5.32 Å². The lowest BCUT2D eigenvalue weighted by Gasteiger charge is -2.15. The van der Waals surface area contributed by atoms with Crippen molar-refractivity contribution in [1.82, 2.24) is 0 Å². The summed E-state index contributed by atoms with van der Waals surface area (Å²) in [7, 11) is 0. The molecule has 0 heterocycles. The number of ether oxygens (including phenoxy) is 1. The second-order valence-electron chi connectivity index (χ2n) is 5.08. The van der Waals surface area contributed by atoms with E-state index in [0.29, 0.717) is 10.8 Å². The first-order chi connectivity index (χ1) is 11.3. The Morgan fingerprint density at radius 1 is 1.33 bits per heavy atom. The molecule has 0 saturated carbocycles. The number of nitrogens with zero attached hydrogens (tertiary/aromatic N) is 1. The van der Waals surface area contributed by atoms with Crippen LogP contribution < -0.4 is 10.1 Å². The molecule has 2 aromatic carbocycles. The van der Waals surface area contributed by atoms with E-state index in [-0.39, 0.29) is 5.69 Å². The second kappa shape index (κ2) is 7.27. The number of carbonyl (C=O) groups excluding carboxylic acids is 1. The van der Waals surface area contributed by atoms with Gasteiger partial charge in [0.25, 0.3) is 5.91 Å². The Hall–Kier alpha value is -2.67. The highest BCUT2D eigenvalue weighted by Gasteiger charge is 2.19. The van der Waals surface area contributed by atoms with E-state index >= 15 is 0 Å². The van der Waals surface area contributed by atoms with Gasteiger partial charge in [-0.3, -0.25) is 14.9 Å². The SMILES string of the molecule is Cc1cc(OC(C)C(=O)Nc2ccc(F)c([N+](=O)[O-])c2)ccc1Cl. The standard InChI is InChI=1S/C16H14ClFN2O4/c1-9-7-12(4-5-13(9)17)24-10(2)16(21)19-11-3-6-14(18)15(8-11)20(22)23/h3-8,10H,1-2H3,(H,19,21). The van der Waals surface area contributed by atoms with Crippen LogP contribution in [0, 0.1) is 22.9 Å². The number of aryl methyl sites for hydroxylation is 1. The molecular formula is C16H14ClFN2O4. The summed E-state index contributed by atoms with van der Waals surface area (Å²) in [5.74, 6) is -1.04. The molecule has 0 aliphatic carbocycles. The largest absolute Gasteiger partial charge is 0.481 e. The number of anilines is 1. The highest BCUT2D eigenvalue weighted by atomic mass is 35.5. The van der Waals surface area contributed by atoms with Crippen LogP contribution in [0.5, 0.6) is 5.75 Å². The lowest BCUT2D eigenvalue weighted by Crippen LogP contribution is -2.30. The molecule has 0 fully saturated rings. The molecule has 126 valence electrons. The first kappa shape index (κ1) is 17.7. The minimum Gasteiger partial charge on any atom is -0.481 e. The van der Waals surface area contributed by atoms with Crippen molar-refractivity contribution in [3.63, 3.8) is 0 Å². The van der Waals surface area contributed by atoms with Gasteiger partial charge >= 0.3 is 5.69 Å². The van der Waals surface area contributed by atoms with E-state index in [1.165, 1.54) is 13.0 Å². The van der Waals surface area contributed by atoms with E-state index in [1.54, 1.807) is 25.1 Å². The van der Waals surface area contributed by atoms with Crippen LogP contribution in [0.4, 0.5) is 15.8 Å². The lowest BCUT2D eigenvalue weighted by molar-refractivity contribution is -0.387. The number of nitrogens with one attached hydrogen (secondary N) is 1. The average molecular weight is 353 g/mol. The normalized spacial score (nSPS) is 11.7. The predicted octanol–water partition coefficient (Wildman–Crippen LogP) is 4.10. The van der Waals surface area contributed by atoms with Gasteiger partial charge in [0.1, 0.15) is 5.75 Å². The molecule has 2 rings (SSSR count). The number of hydrogen-bond donors (Lipinski definition) is 1. The molecule has 1 atom stereocenters. The van der Waals surface area contributed by atoms with Gasteiger partial charge in [0.15, 0.2) is 6.10 Å². The Morgan fingerprint density at radius 2 is 2.04 bits per heavy atom. The third-order valence-corrected chi connectivity index (χ3v) is 3.65. The maximum absolute atomic E-state index is 13.3. The van der Waals surface area contributed by atoms with Gasteiger partial charge in [-0.2, -0.15) is 4.39 Å². The first-order valence-electron chi connectivity index (χ1n) is 6.95. The van der Waals surface area contributed by atoms with Gasteiger partial charge in [-0.15, -0.1) is 0 Å². The van der Waals surface area contributed by atoms with Gasteiger partial charge < -0.3 is 10.1 Å². The fraction of sp³-hybridized carbons (Fsp3) is 0.188. The summed E-state index contributed by atoms with van der Waals surface area (Å²) in [5, 5.41) is 13.7. The average Bonchev–Trinajstić information content (AvgIpc) is 2.52. The maximum Gasteiger partial charge on any atom is 0.306 e. The smallest absolute Gasteiger partial charge is 0.306 e. The molecule has 24 heavy (non-hydrogen) atoms. The molecule has 0 spiro atoms. The van der Waals surface area contributed by atoms with Gasteiger partial charge in [0, 0.05) is 16.8 Å². The zero-order valence-electron chi connectivity index (χ0n) is 12.9. The number of nitro groups is 1. The van der Waals surface area contributed by atoms with Crippen molar-refractivity contribution in [2.45, 2.75) is 20.0 Å². The molecule has 0 aliphatic heterocycles. The molecule has 2 aromatic rings. The summed E-state index contributed by atoms with van der Waals surface area (Å²) in [6.45, 7) is 3.33. The number of hydrogen-bond acceptors (Lipinski definition) is 4. The van der Waals surface area contributed by atoms with Gasteiger partial charge in [0.2, 0.25) is 5.82 Å². The highest BCUT2D eigenvalue weighted by Crippen LogP contribution is 2.23. The number of benzene rings is 2. The van der Waals surface area contributed by atoms with Crippen LogP contribution in [0.3, 0.4) is 0 Å². The van der Waals surface area contributed by atoms with Crippen molar-refractivity contribution < 1.29 is 18.8 Å². The zero-order valence-corrected chi connectivity index (χ0v) is 13.6. The number of halogens is 2. The van der Waals surface area contributed by atoms with Crippen LogP contribution in [-0.4, -0.2) is 16.9 Å². The predicted molar refractivity (Wildman–Crippen MR) is 88.0 cm³/mol. The van der Waals surface area contributed by atoms with Crippen LogP contribution in [-0.2, 0) is 4.79 Å². The Labute approximate surface area is 142 Å². The molecule has 1 unspecified atom stereocenters. The molecule has 0 saturated heterocycles. The summed E-state index contributed by atoms with van der Waals surface area (Å²) in [4.78, 5) is 22.0. The molecule has 0 aliphatic rings. The van der Waals surface area contributed by atoms with Crippen molar-refractivity contribution in [3.8, 4) is 5.75 Å². The summed E-state index contributed by atoms with van der Waals surface area (Å²) < 4.78 is 18.8. The van der Waals surface area contributed by atoms with E-state index in [9.17, 15) is 19.3 Å². The minimum absolute atomic E-state index is 0.107. The fourth-order valence-corrected chi connectivity index (χ4v) is 2.04. The van der Waals surface area contributed by atoms with Gasteiger partial charge in [-0.1, -0.05) is 11.6 Å². The van der Waals surface area contributed by atoms with Crippen LogP contribution >= 0.6 is 11.6 Å². The molecule has 0 radical (unpaired) electrons. The zero-order chi connectivity index (χ0) is 17.9. The molecule has 0 bridgehead atoms. The van der Waals surface area contributed by atoms with Crippen molar-refractivity contribution in [1.29, 1.82) is 0 Å². The van der Waals surface area contributed by atoms with Crippen molar-refractivity contribution >= 4 is 28.9 Å². The van der Waals surface area contributed by atoms with Gasteiger partial charge in [-0.25, -0.2) is 0 Å². The number of rotatable bonds is 5. The number of amides is 1. The Bertz CT molecular complexity index is 798. The number of carbonyl (C=O) groups is 1. The molecule has 1 amide bonds. The third kappa shape index (κ3) is 4.20. The number of nitro benzene ring substituents is 1. The molecular weight excluding hydrogens is 339 g/mol. The summed E-state index contributed by atoms with van der Waals surface area (Å²) in [5.41, 5.74) is 0.196. The Morgan fingerprint density at radius 3 is 2.67 bits per heavy atom. The molecule has 0 aromatic heterocycles. The summed E-state index contributed by atoms with van der Waals surface area (Å²) in [6, 6.07) is 8.07. The lowest BCUT2D eigenvalue weighted by atomic mass is 10.2. The van der Waals surface area contributed by atoms with E-state index in [4.69, 9.17) is 16.3 Å². The fourth-order valence-electron chi connectivity index (χ4n) is 1.92. The molecule has 1 N–H and O–H groups in total. The van der Waals surface area contributed by atoms with Crippen LogP contribution in [0.25, 0.3) is 0 Å². The van der Waals surface area contributed by atoms with Crippen LogP contribution in [0.2, 0.25) is 5.02 Å². The topological polar surface area (TPSA) is 81.5 Å². The van der Waals surface area contributed by atoms with Crippen molar-refractivity contribution in [3.05, 3.63) is 62.9 Å². The molecule has 6 nitrogen and oxygen atoms in total. The van der Waals surface area contributed by atoms with E-state index < -0.39 is 28.4 Å².